The molecule has 0 aliphatic rings. The average molecular weight is 336 g/mol. The number of rotatable bonds is 4. The van der Waals surface area contributed by atoms with Crippen LogP contribution in [0.25, 0.3) is 11.5 Å². The summed E-state index contributed by atoms with van der Waals surface area (Å²) < 4.78 is 0. The average Bonchev–Trinajstić information content (AvgIpc) is 2.62. The molecule has 2 aromatic heterocycles. The van der Waals surface area contributed by atoms with Gasteiger partial charge in [0.2, 0.25) is 5.95 Å². The number of non-ortho nitro benzene ring substituents is 1. The minimum absolute atomic E-state index is 0.0801. The number of hydrogen-bond donors (Lipinski definition) is 1. The largest absolute Gasteiger partial charge is 0.290 e. The fourth-order valence-electron chi connectivity index (χ4n) is 2.06. The molecule has 0 saturated heterocycles. The van der Waals surface area contributed by atoms with Gasteiger partial charge in [-0.25, -0.2) is 4.98 Å². The number of carbonyl (C=O) groups excluding carboxylic acids is 1. The normalized spacial score (nSPS) is 10.3. The maximum atomic E-state index is 12.3. The molecular weight excluding hydrogens is 324 g/mol. The van der Waals surface area contributed by atoms with Gasteiger partial charge in [-0.3, -0.25) is 25.2 Å². The highest BCUT2D eigenvalue weighted by Gasteiger charge is 2.13. The monoisotopic (exact) mass is 336 g/mol. The number of nitro groups is 1. The molecule has 3 rings (SSSR count). The molecule has 9 nitrogen and oxygen atoms in total. The van der Waals surface area contributed by atoms with Gasteiger partial charge < -0.3 is 0 Å². The van der Waals surface area contributed by atoms with Crippen LogP contribution in [0.15, 0.2) is 48.7 Å². The first-order valence-corrected chi connectivity index (χ1v) is 7.23. The van der Waals surface area contributed by atoms with Crippen molar-refractivity contribution in [2.24, 2.45) is 0 Å². The molecule has 25 heavy (non-hydrogen) atoms. The molecule has 0 aliphatic carbocycles. The Morgan fingerprint density at radius 3 is 2.48 bits per heavy atom. The predicted octanol–water partition coefficient (Wildman–Crippen LogP) is 2.40. The van der Waals surface area contributed by atoms with Gasteiger partial charge in [0.05, 0.1) is 4.92 Å². The molecule has 0 atom stereocenters. The molecule has 0 bridgehead atoms. The lowest BCUT2D eigenvalue weighted by Crippen LogP contribution is -2.15. The molecule has 0 unspecified atom stereocenters. The van der Waals surface area contributed by atoms with Gasteiger partial charge >= 0.3 is 0 Å². The molecule has 9 heteroatoms. The van der Waals surface area contributed by atoms with E-state index in [4.69, 9.17) is 0 Å². The molecule has 1 N–H and O–H groups in total. The van der Waals surface area contributed by atoms with Crippen molar-refractivity contribution in [2.75, 3.05) is 5.32 Å². The van der Waals surface area contributed by atoms with Crippen LogP contribution in [0.5, 0.6) is 0 Å². The topological polar surface area (TPSA) is 124 Å². The molecule has 0 aliphatic heterocycles. The number of nitrogens with one attached hydrogen (secondary N) is 1. The summed E-state index contributed by atoms with van der Waals surface area (Å²) in [6.07, 6.45) is 1.61. The summed E-state index contributed by atoms with van der Waals surface area (Å²) in [5, 5.41) is 13.2. The van der Waals surface area contributed by atoms with E-state index >= 15 is 0 Å². The molecule has 0 fully saturated rings. The SMILES string of the molecule is Cc1nc(NC(=O)c2ccc([N+](=O)[O-])cc2)nc(-c2ccccn2)n1. The number of aryl methyl sites for hydroxylation is 1. The van der Waals surface area contributed by atoms with E-state index in [2.05, 4.69) is 25.3 Å². The molecular formula is C16H12N6O3. The van der Waals surface area contributed by atoms with Crippen LogP contribution in [-0.2, 0) is 0 Å². The first kappa shape index (κ1) is 16.1. The molecule has 3 aromatic rings. The number of pyridine rings is 1. The van der Waals surface area contributed by atoms with Crippen molar-refractivity contribution in [1.29, 1.82) is 0 Å². The standard InChI is InChI=1S/C16H12N6O3/c1-10-18-14(13-4-2-3-9-17-13)20-16(19-10)21-15(23)11-5-7-12(8-6-11)22(24)25/h2-9H,1H3,(H,18,19,20,21,23). The highest BCUT2D eigenvalue weighted by atomic mass is 16.6. The van der Waals surface area contributed by atoms with Crippen LogP contribution in [0.4, 0.5) is 11.6 Å². The lowest BCUT2D eigenvalue weighted by molar-refractivity contribution is -0.384. The van der Waals surface area contributed by atoms with Crippen LogP contribution in [0.1, 0.15) is 16.2 Å². The first-order valence-electron chi connectivity index (χ1n) is 7.23. The zero-order valence-electron chi connectivity index (χ0n) is 13.1. The van der Waals surface area contributed by atoms with Crippen molar-refractivity contribution in [1.82, 2.24) is 19.9 Å². The van der Waals surface area contributed by atoms with E-state index in [1.54, 1.807) is 31.3 Å². The van der Waals surface area contributed by atoms with Gasteiger partial charge in [0.25, 0.3) is 11.6 Å². The van der Waals surface area contributed by atoms with E-state index in [1.165, 1.54) is 24.3 Å². The third-order valence-electron chi connectivity index (χ3n) is 3.21. The Morgan fingerprint density at radius 2 is 1.84 bits per heavy atom. The summed E-state index contributed by atoms with van der Waals surface area (Å²) in [6, 6.07) is 10.6. The van der Waals surface area contributed by atoms with Gasteiger partial charge in [0.15, 0.2) is 5.82 Å². The molecule has 124 valence electrons. The van der Waals surface area contributed by atoms with Gasteiger partial charge in [-0.1, -0.05) is 6.07 Å². The van der Waals surface area contributed by atoms with Crippen LogP contribution >= 0.6 is 0 Å². The summed E-state index contributed by atoms with van der Waals surface area (Å²) in [5.74, 6) is 0.366. The number of nitro benzene ring substituents is 1. The summed E-state index contributed by atoms with van der Waals surface area (Å²) in [7, 11) is 0. The Kier molecular flexibility index (Phi) is 4.38. The zero-order chi connectivity index (χ0) is 17.8. The Bertz CT molecular complexity index is 928. The fourth-order valence-corrected chi connectivity index (χ4v) is 2.06. The van der Waals surface area contributed by atoms with Crippen molar-refractivity contribution in [3.05, 3.63) is 70.2 Å². The maximum Gasteiger partial charge on any atom is 0.269 e. The Morgan fingerprint density at radius 1 is 1.08 bits per heavy atom. The van der Waals surface area contributed by atoms with Crippen LogP contribution in [0.2, 0.25) is 0 Å². The molecule has 1 aromatic carbocycles. The molecule has 0 saturated carbocycles. The van der Waals surface area contributed by atoms with E-state index < -0.39 is 10.8 Å². The van der Waals surface area contributed by atoms with Gasteiger partial charge in [-0.2, -0.15) is 9.97 Å². The number of anilines is 1. The maximum absolute atomic E-state index is 12.3. The van der Waals surface area contributed by atoms with Crippen molar-refractivity contribution in [3.8, 4) is 11.5 Å². The molecule has 1 amide bonds. The van der Waals surface area contributed by atoms with Crippen molar-refractivity contribution in [3.63, 3.8) is 0 Å². The highest BCUT2D eigenvalue weighted by molar-refractivity contribution is 6.03. The van der Waals surface area contributed by atoms with E-state index in [1.807, 2.05) is 0 Å². The number of hydrogen-bond acceptors (Lipinski definition) is 7. The summed E-state index contributed by atoms with van der Waals surface area (Å²) in [5.41, 5.74) is 0.715. The summed E-state index contributed by atoms with van der Waals surface area (Å²) in [4.78, 5) is 39.0. The summed E-state index contributed by atoms with van der Waals surface area (Å²) >= 11 is 0. The van der Waals surface area contributed by atoms with E-state index in [9.17, 15) is 14.9 Å². The zero-order valence-corrected chi connectivity index (χ0v) is 13.1. The second kappa shape index (κ2) is 6.79. The molecule has 0 spiro atoms. The Labute approximate surface area is 142 Å². The number of amides is 1. The smallest absolute Gasteiger partial charge is 0.269 e. The van der Waals surface area contributed by atoms with E-state index in [0.29, 0.717) is 17.3 Å². The predicted molar refractivity (Wildman–Crippen MR) is 88.8 cm³/mol. The third-order valence-corrected chi connectivity index (χ3v) is 3.21. The second-order valence-corrected chi connectivity index (χ2v) is 5.00. The number of nitrogens with zero attached hydrogens (tertiary/aromatic N) is 5. The van der Waals surface area contributed by atoms with E-state index in [-0.39, 0.29) is 17.2 Å². The molecule has 0 radical (unpaired) electrons. The van der Waals surface area contributed by atoms with E-state index in [0.717, 1.165) is 0 Å². The minimum Gasteiger partial charge on any atom is -0.290 e. The van der Waals surface area contributed by atoms with Crippen molar-refractivity contribution < 1.29 is 9.72 Å². The van der Waals surface area contributed by atoms with Crippen LogP contribution in [0.3, 0.4) is 0 Å². The number of benzene rings is 1. The summed E-state index contributed by atoms with van der Waals surface area (Å²) in [6.45, 7) is 1.68. The van der Waals surface area contributed by atoms with Crippen molar-refractivity contribution in [2.45, 2.75) is 6.92 Å². The molecule has 2 heterocycles. The van der Waals surface area contributed by atoms with Crippen molar-refractivity contribution >= 4 is 17.5 Å². The lowest BCUT2D eigenvalue weighted by atomic mass is 10.2. The van der Waals surface area contributed by atoms with Gasteiger partial charge in [0, 0.05) is 23.9 Å². The first-order chi connectivity index (χ1) is 12.0. The third kappa shape index (κ3) is 3.78. The number of carbonyl (C=O) groups is 1. The Balaban J connectivity index is 1.84. The second-order valence-electron chi connectivity index (χ2n) is 5.00. The van der Waals surface area contributed by atoms with Crippen LogP contribution in [0, 0.1) is 17.0 Å². The highest BCUT2D eigenvalue weighted by Crippen LogP contribution is 2.15. The minimum atomic E-state index is -0.532. The van der Waals surface area contributed by atoms with Gasteiger partial charge in [0.1, 0.15) is 11.5 Å². The quantitative estimate of drug-likeness (QED) is 0.573. The number of aromatic nitrogens is 4. The fraction of sp³-hybridized carbons (Fsp3) is 0.0625. The van der Waals surface area contributed by atoms with Gasteiger partial charge in [-0.15, -0.1) is 0 Å². The van der Waals surface area contributed by atoms with Gasteiger partial charge in [-0.05, 0) is 31.2 Å². The van der Waals surface area contributed by atoms with Crippen LogP contribution < -0.4 is 5.32 Å². The Hall–Kier alpha value is -3.75. The van der Waals surface area contributed by atoms with Crippen LogP contribution in [-0.4, -0.2) is 30.8 Å². The lowest BCUT2D eigenvalue weighted by Gasteiger charge is -2.06.